The number of carbonyl (C=O) groups is 2. The summed E-state index contributed by atoms with van der Waals surface area (Å²) < 4.78 is 6.70. The molecule has 0 radical (unpaired) electrons. The van der Waals surface area contributed by atoms with Crippen LogP contribution >= 0.6 is 11.3 Å². The van der Waals surface area contributed by atoms with Crippen LogP contribution in [0.3, 0.4) is 0 Å². The molecule has 0 saturated heterocycles. The molecule has 3 aromatic rings. The van der Waals surface area contributed by atoms with E-state index in [1.807, 2.05) is 48.7 Å². The van der Waals surface area contributed by atoms with E-state index in [0.717, 1.165) is 16.2 Å². The Bertz CT molecular complexity index is 955. The molecule has 0 fully saturated rings. The minimum Gasteiger partial charge on any atom is -0.497 e. The van der Waals surface area contributed by atoms with Gasteiger partial charge in [0.15, 0.2) is 5.69 Å². The Balaban J connectivity index is 1.44. The molecule has 0 saturated carbocycles. The van der Waals surface area contributed by atoms with Gasteiger partial charge in [0.25, 0.3) is 5.91 Å². The lowest BCUT2D eigenvalue weighted by Gasteiger charge is -2.10. The molecule has 29 heavy (non-hydrogen) atoms. The molecule has 0 aliphatic rings. The number of hydrogen-bond acceptors (Lipinski definition) is 6. The van der Waals surface area contributed by atoms with Crippen molar-refractivity contribution in [2.75, 3.05) is 13.7 Å². The summed E-state index contributed by atoms with van der Waals surface area (Å²) in [5, 5.41) is 15.6. The van der Waals surface area contributed by atoms with Gasteiger partial charge in [0.05, 0.1) is 32.3 Å². The molecule has 2 heterocycles. The highest BCUT2D eigenvalue weighted by atomic mass is 32.1. The van der Waals surface area contributed by atoms with Crippen LogP contribution in [0.5, 0.6) is 5.75 Å². The summed E-state index contributed by atoms with van der Waals surface area (Å²) in [4.78, 5) is 25.5. The second-order valence-corrected chi connectivity index (χ2v) is 7.43. The first-order chi connectivity index (χ1) is 14.0. The summed E-state index contributed by atoms with van der Waals surface area (Å²) in [7, 11) is 1.59. The van der Waals surface area contributed by atoms with Crippen LogP contribution in [-0.4, -0.2) is 40.5 Å². The molecule has 1 aromatic carbocycles. The number of nitrogens with one attached hydrogen (secondary N) is 2. The Labute approximate surface area is 172 Å². The lowest BCUT2D eigenvalue weighted by atomic mass is 10.1. The van der Waals surface area contributed by atoms with Crippen molar-refractivity contribution in [3.63, 3.8) is 0 Å². The number of nitrogens with zero attached hydrogens (tertiary/aromatic N) is 3. The second kappa shape index (κ2) is 9.83. The minimum atomic E-state index is -0.279. The van der Waals surface area contributed by atoms with Gasteiger partial charge in [-0.1, -0.05) is 23.4 Å². The van der Waals surface area contributed by atoms with E-state index in [9.17, 15) is 9.59 Å². The fourth-order valence-corrected chi connectivity index (χ4v) is 3.47. The van der Waals surface area contributed by atoms with E-state index in [4.69, 9.17) is 4.74 Å². The summed E-state index contributed by atoms with van der Waals surface area (Å²) in [5.41, 5.74) is 1.12. The molecule has 3 rings (SSSR count). The van der Waals surface area contributed by atoms with E-state index >= 15 is 0 Å². The Hall–Kier alpha value is -3.20. The van der Waals surface area contributed by atoms with Crippen molar-refractivity contribution >= 4 is 23.2 Å². The summed E-state index contributed by atoms with van der Waals surface area (Å²) >= 11 is 1.59. The van der Waals surface area contributed by atoms with Crippen LogP contribution < -0.4 is 15.4 Å². The van der Waals surface area contributed by atoms with Crippen LogP contribution in [-0.2, 0) is 17.8 Å². The number of hydrogen-bond donors (Lipinski definition) is 2. The fraction of sp³-hybridized carbons (Fsp3) is 0.300. The van der Waals surface area contributed by atoms with Gasteiger partial charge in [-0.25, -0.2) is 4.68 Å². The molecule has 8 nitrogen and oxygen atoms in total. The van der Waals surface area contributed by atoms with E-state index < -0.39 is 0 Å². The standard InChI is InChI=1S/C20H23N5O3S/c1-14(18-7-4-10-29-18)22-20(27)17-13-25(24-23-17)9-8-21-19(26)12-15-5-3-6-16(11-15)28-2/h3-7,10-11,13-14H,8-9,12H2,1-2H3,(H,21,26)(H,22,27). The summed E-state index contributed by atoms with van der Waals surface area (Å²) in [6.07, 6.45) is 1.84. The highest BCUT2D eigenvalue weighted by molar-refractivity contribution is 7.10. The van der Waals surface area contributed by atoms with Gasteiger partial charge < -0.3 is 15.4 Å². The lowest BCUT2D eigenvalue weighted by Crippen LogP contribution is -2.28. The van der Waals surface area contributed by atoms with Crippen molar-refractivity contribution in [3.05, 3.63) is 64.1 Å². The van der Waals surface area contributed by atoms with Crippen LogP contribution in [0.4, 0.5) is 0 Å². The van der Waals surface area contributed by atoms with Crippen molar-refractivity contribution in [1.29, 1.82) is 0 Å². The quantitative estimate of drug-likeness (QED) is 0.560. The van der Waals surface area contributed by atoms with Crippen molar-refractivity contribution in [2.45, 2.75) is 25.9 Å². The topological polar surface area (TPSA) is 98.1 Å². The molecule has 1 unspecified atom stereocenters. The molecule has 9 heteroatoms. The molecular weight excluding hydrogens is 390 g/mol. The molecule has 0 aliphatic heterocycles. The minimum absolute atomic E-state index is 0.0939. The normalized spacial score (nSPS) is 11.7. The van der Waals surface area contributed by atoms with Gasteiger partial charge in [0.1, 0.15) is 5.75 Å². The molecule has 2 N–H and O–H groups in total. The Morgan fingerprint density at radius 1 is 1.28 bits per heavy atom. The third kappa shape index (κ3) is 5.89. The highest BCUT2D eigenvalue weighted by Crippen LogP contribution is 2.18. The fourth-order valence-electron chi connectivity index (χ4n) is 2.73. The molecule has 152 valence electrons. The molecule has 0 bridgehead atoms. The van der Waals surface area contributed by atoms with Gasteiger partial charge in [-0.05, 0) is 36.1 Å². The maximum atomic E-state index is 12.3. The molecular formula is C20H23N5O3S. The zero-order valence-corrected chi connectivity index (χ0v) is 17.1. The largest absolute Gasteiger partial charge is 0.497 e. The van der Waals surface area contributed by atoms with Crippen molar-refractivity contribution in [2.24, 2.45) is 0 Å². The number of amides is 2. The third-order valence-corrected chi connectivity index (χ3v) is 5.31. The second-order valence-electron chi connectivity index (χ2n) is 6.46. The van der Waals surface area contributed by atoms with Crippen LogP contribution in [0.15, 0.2) is 48.0 Å². The van der Waals surface area contributed by atoms with E-state index in [0.29, 0.717) is 13.1 Å². The van der Waals surface area contributed by atoms with Gasteiger partial charge >= 0.3 is 0 Å². The zero-order valence-electron chi connectivity index (χ0n) is 16.3. The Morgan fingerprint density at radius 3 is 2.90 bits per heavy atom. The monoisotopic (exact) mass is 413 g/mol. The van der Waals surface area contributed by atoms with Gasteiger partial charge in [0, 0.05) is 11.4 Å². The number of rotatable bonds is 9. The van der Waals surface area contributed by atoms with Crippen LogP contribution in [0.25, 0.3) is 0 Å². The van der Waals surface area contributed by atoms with Gasteiger partial charge in [-0.3, -0.25) is 9.59 Å². The number of ether oxygens (including phenoxy) is 1. The highest BCUT2D eigenvalue weighted by Gasteiger charge is 2.15. The van der Waals surface area contributed by atoms with Crippen LogP contribution in [0, 0.1) is 0 Å². The van der Waals surface area contributed by atoms with E-state index in [1.54, 1.807) is 24.6 Å². The van der Waals surface area contributed by atoms with Crippen LogP contribution in [0.2, 0.25) is 0 Å². The first kappa shape index (κ1) is 20.5. The average molecular weight is 414 g/mol. The Morgan fingerprint density at radius 2 is 2.14 bits per heavy atom. The molecule has 1 atom stereocenters. The predicted octanol–water partition coefficient (Wildman–Crippen LogP) is 2.20. The molecule has 2 aromatic heterocycles. The summed E-state index contributed by atoms with van der Waals surface area (Å²) in [6, 6.07) is 11.2. The lowest BCUT2D eigenvalue weighted by molar-refractivity contribution is -0.120. The third-order valence-electron chi connectivity index (χ3n) is 4.25. The van der Waals surface area contributed by atoms with Crippen molar-refractivity contribution in [1.82, 2.24) is 25.6 Å². The predicted molar refractivity (Wildman–Crippen MR) is 110 cm³/mol. The SMILES string of the molecule is COc1cccc(CC(=O)NCCn2cc(C(=O)NC(C)c3cccs3)nn2)c1. The maximum Gasteiger partial charge on any atom is 0.273 e. The number of thiophene rings is 1. The first-order valence-electron chi connectivity index (χ1n) is 9.19. The smallest absolute Gasteiger partial charge is 0.273 e. The van der Waals surface area contributed by atoms with Gasteiger partial charge in [-0.2, -0.15) is 0 Å². The van der Waals surface area contributed by atoms with E-state index in [-0.39, 0.29) is 30.0 Å². The van der Waals surface area contributed by atoms with Crippen molar-refractivity contribution in [3.8, 4) is 5.75 Å². The molecule has 0 spiro atoms. The number of methoxy groups -OCH3 is 1. The average Bonchev–Trinajstić information content (AvgIpc) is 3.40. The summed E-state index contributed by atoms with van der Waals surface area (Å²) in [5.74, 6) is 0.345. The zero-order chi connectivity index (χ0) is 20.6. The van der Waals surface area contributed by atoms with E-state index in [2.05, 4.69) is 20.9 Å². The molecule has 0 aliphatic carbocycles. The summed E-state index contributed by atoms with van der Waals surface area (Å²) in [6.45, 7) is 2.73. The van der Waals surface area contributed by atoms with Crippen molar-refractivity contribution < 1.29 is 14.3 Å². The first-order valence-corrected chi connectivity index (χ1v) is 10.1. The van der Waals surface area contributed by atoms with Gasteiger partial charge in [0.2, 0.25) is 5.91 Å². The number of carbonyl (C=O) groups excluding carboxylic acids is 2. The maximum absolute atomic E-state index is 12.3. The van der Waals surface area contributed by atoms with Gasteiger partial charge in [-0.15, -0.1) is 16.4 Å². The Kier molecular flexibility index (Phi) is 6.96. The number of benzene rings is 1. The van der Waals surface area contributed by atoms with E-state index in [1.165, 1.54) is 4.68 Å². The van der Waals surface area contributed by atoms with Crippen LogP contribution in [0.1, 0.15) is 33.9 Å². The number of aromatic nitrogens is 3. The molecule has 2 amide bonds.